The molecule has 0 amide bonds. The smallest absolute Gasteiger partial charge is 0.309 e. The Bertz CT molecular complexity index is 434. The molecule has 0 spiro atoms. The number of rotatable bonds is 2. The first kappa shape index (κ1) is 14.3. The molecular formula is C10H8Cl4O4. The highest BCUT2D eigenvalue weighted by atomic mass is 35.5. The van der Waals surface area contributed by atoms with Crippen molar-refractivity contribution in [3.05, 3.63) is 10.1 Å². The molecule has 18 heavy (non-hydrogen) atoms. The van der Waals surface area contributed by atoms with Crippen LogP contribution in [0.25, 0.3) is 0 Å². The summed E-state index contributed by atoms with van der Waals surface area (Å²) in [7, 11) is 0. The Morgan fingerprint density at radius 1 is 0.944 bits per heavy atom. The first-order valence-corrected chi connectivity index (χ1v) is 6.57. The number of halogens is 4. The Balaban J connectivity index is 2.70. The summed E-state index contributed by atoms with van der Waals surface area (Å²) in [5, 5.41) is 18.3. The molecule has 4 nitrogen and oxygen atoms in total. The number of carbonyl (C=O) groups is 2. The lowest BCUT2D eigenvalue weighted by molar-refractivity contribution is -0.158. The van der Waals surface area contributed by atoms with Gasteiger partial charge in [-0.1, -0.05) is 23.2 Å². The number of alkyl halides is 2. The van der Waals surface area contributed by atoms with Crippen LogP contribution in [-0.2, 0) is 9.59 Å². The van der Waals surface area contributed by atoms with Crippen LogP contribution in [0.1, 0.15) is 12.8 Å². The first-order chi connectivity index (χ1) is 8.16. The van der Waals surface area contributed by atoms with Crippen molar-refractivity contribution >= 4 is 58.3 Å². The minimum Gasteiger partial charge on any atom is -0.481 e. The Kier molecular flexibility index (Phi) is 3.30. The van der Waals surface area contributed by atoms with E-state index in [0.29, 0.717) is 0 Å². The molecule has 0 aromatic rings. The van der Waals surface area contributed by atoms with Gasteiger partial charge in [-0.2, -0.15) is 0 Å². The van der Waals surface area contributed by atoms with Crippen LogP contribution in [0, 0.1) is 11.8 Å². The van der Waals surface area contributed by atoms with Crippen LogP contribution in [0.5, 0.6) is 0 Å². The molecule has 4 atom stereocenters. The van der Waals surface area contributed by atoms with Gasteiger partial charge in [0.05, 0.1) is 31.6 Å². The summed E-state index contributed by atoms with van der Waals surface area (Å²) in [6.07, 6.45) is 0.349. The van der Waals surface area contributed by atoms with Crippen LogP contribution < -0.4 is 0 Å². The van der Waals surface area contributed by atoms with Crippen molar-refractivity contribution in [2.24, 2.45) is 11.8 Å². The standard InChI is InChI=1S/C10H8Cl4O4/c11-5-6(12)10(14)2-1-9(5,13)3(7(15)16)4(10)8(17)18/h3-4H,1-2H2,(H,15,16)(H,17,18). The molecule has 0 aromatic heterocycles. The third-order valence-corrected chi connectivity index (χ3v) is 6.20. The predicted octanol–water partition coefficient (Wildman–Crippen LogP) is 2.84. The molecular weight excluding hydrogens is 326 g/mol. The third kappa shape index (κ3) is 1.59. The minimum absolute atomic E-state index is 0.0583. The summed E-state index contributed by atoms with van der Waals surface area (Å²) < 4.78 is 0. The maximum Gasteiger partial charge on any atom is 0.309 e. The molecule has 2 bridgehead atoms. The van der Waals surface area contributed by atoms with Crippen LogP contribution in [0.4, 0.5) is 0 Å². The zero-order valence-corrected chi connectivity index (χ0v) is 11.8. The maximum atomic E-state index is 11.3. The molecule has 0 aliphatic heterocycles. The van der Waals surface area contributed by atoms with E-state index in [9.17, 15) is 19.8 Å². The average Bonchev–Trinajstić information content (AvgIpc) is 2.27. The number of aliphatic carboxylic acids is 2. The molecule has 0 saturated heterocycles. The van der Waals surface area contributed by atoms with Gasteiger partial charge in [-0.3, -0.25) is 9.59 Å². The Labute approximate surface area is 122 Å². The van der Waals surface area contributed by atoms with E-state index < -0.39 is 33.5 Å². The van der Waals surface area contributed by atoms with Gasteiger partial charge in [-0.05, 0) is 12.8 Å². The third-order valence-electron chi connectivity index (χ3n) is 3.63. The van der Waals surface area contributed by atoms with Gasteiger partial charge in [0.1, 0.15) is 0 Å². The van der Waals surface area contributed by atoms with Gasteiger partial charge in [0, 0.05) is 0 Å². The van der Waals surface area contributed by atoms with E-state index in [4.69, 9.17) is 46.4 Å². The topological polar surface area (TPSA) is 74.6 Å². The van der Waals surface area contributed by atoms with Gasteiger partial charge in [-0.15, -0.1) is 23.2 Å². The minimum atomic E-state index is -1.50. The summed E-state index contributed by atoms with van der Waals surface area (Å²) in [6.45, 7) is 0. The normalized spacial score (nSPS) is 43.1. The Morgan fingerprint density at radius 2 is 1.22 bits per heavy atom. The lowest BCUT2D eigenvalue weighted by Gasteiger charge is -2.53. The summed E-state index contributed by atoms with van der Waals surface area (Å²) in [5.41, 5.74) is 0. The highest BCUT2D eigenvalue weighted by Crippen LogP contribution is 2.63. The van der Waals surface area contributed by atoms with Gasteiger partial charge < -0.3 is 10.2 Å². The summed E-state index contributed by atoms with van der Waals surface area (Å²) in [4.78, 5) is 19.7. The van der Waals surface area contributed by atoms with Crippen molar-refractivity contribution in [2.75, 3.05) is 0 Å². The molecule has 0 aromatic carbocycles. The SMILES string of the molecule is O=C(O)C1C(C(=O)O)C2(Cl)CCC1(Cl)C(Cl)=C2Cl. The van der Waals surface area contributed by atoms with Crippen LogP contribution in [0.15, 0.2) is 10.1 Å². The van der Waals surface area contributed by atoms with Crippen LogP contribution >= 0.6 is 46.4 Å². The van der Waals surface area contributed by atoms with Gasteiger partial charge >= 0.3 is 11.9 Å². The van der Waals surface area contributed by atoms with Crippen molar-refractivity contribution in [3.8, 4) is 0 Å². The van der Waals surface area contributed by atoms with Gasteiger partial charge in [0.2, 0.25) is 0 Å². The highest BCUT2D eigenvalue weighted by Gasteiger charge is 2.67. The second kappa shape index (κ2) is 4.17. The molecule has 3 aliphatic carbocycles. The van der Waals surface area contributed by atoms with E-state index >= 15 is 0 Å². The molecule has 2 N–H and O–H groups in total. The van der Waals surface area contributed by atoms with E-state index in [2.05, 4.69) is 0 Å². The fourth-order valence-electron chi connectivity index (χ4n) is 2.74. The van der Waals surface area contributed by atoms with E-state index in [0.717, 1.165) is 0 Å². The zero-order valence-electron chi connectivity index (χ0n) is 8.79. The van der Waals surface area contributed by atoms with E-state index in [1.807, 2.05) is 0 Å². The first-order valence-electron chi connectivity index (χ1n) is 5.06. The maximum absolute atomic E-state index is 11.3. The number of fused-ring (bicyclic) bond motifs is 2. The zero-order chi connectivity index (χ0) is 13.9. The fraction of sp³-hybridized carbons (Fsp3) is 0.600. The number of hydrogen-bond donors (Lipinski definition) is 2. The van der Waals surface area contributed by atoms with E-state index in [1.165, 1.54) is 0 Å². The molecule has 4 unspecified atom stereocenters. The molecule has 1 fully saturated rings. The molecule has 0 radical (unpaired) electrons. The van der Waals surface area contributed by atoms with Gasteiger partial charge in [0.25, 0.3) is 0 Å². The second-order valence-electron chi connectivity index (χ2n) is 4.48. The lowest BCUT2D eigenvalue weighted by Crippen LogP contribution is -2.61. The predicted molar refractivity (Wildman–Crippen MR) is 67.4 cm³/mol. The Hall–Kier alpha value is -0.160. The molecule has 1 saturated carbocycles. The van der Waals surface area contributed by atoms with Crippen molar-refractivity contribution in [3.63, 3.8) is 0 Å². The van der Waals surface area contributed by atoms with Crippen LogP contribution in [0.3, 0.4) is 0 Å². The summed E-state index contributed by atoms with van der Waals surface area (Å²) in [6, 6.07) is 0. The lowest BCUT2D eigenvalue weighted by atomic mass is 9.61. The van der Waals surface area contributed by atoms with E-state index in [1.54, 1.807) is 0 Å². The van der Waals surface area contributed by atoms with Crippen molar-refractivity contribution in [2.45, 2.75) is 22.6 Å². The summed E-state index contributed by atoms with van der Waals surface area (Å²) in [5.74, 6) is -5.50. The quantitative estimate of drug-likeness (QED) is 0.762. The fourth-order valence-corrected chi connectivity index (χ4v) is 4.41. The monoisotopic (exact) mass is 332 g/mol. The Morgan fingerprint density at radius 3 is 1.44 bits per heavy atom. The highest BCUT2D eigenvalue weighted by molar-refractivity contribution is 6.50. The second-order valence-corrected chi connectivity index (χ2v) is 6.59. The van der Waals surface area contributed by atoms with Crippen molar-refractivity contribution < 1.29 is 19.8 Å². The molecule has 3 rings (SSSR count). The van der Waals surface area contributed by atoms with Gasteiger partial charge in [-0.25, -0.2) is 0 Å². The number of allylic oxidation sites excluding steroid dienone is 2. The largest absolute Gasteiger partial charge is 0.481 e. The number of carboxylic acid groups (broad SMARTS) is 2. The average molecular weight is 334 g/mol. The number of carboxylic acids is 2. The van der Waals surface area contributed by atoms with E-state index in [-0.39, 0.29) is 22.9 Å². The molecule has 0 heterocycles. The van der Waals surface area contributed by atoms with Crippen molar-refractivity contribution in [1.82, 2.24) is 0 Å². The molecule has 8 heteroatoms. The van der Waals surface area contributed by atoms with Gasteiger partial charge in [0.15, 0.2) is 0 Å². The molecule has 100 valence electrons. The van der Waals surface area contributed by atoms with Crippen molar-refractivity contribution in [1.29, 1.82) is 0 Å². The van der Waals surface area contributed by atoms with Crippen LogP contribution in [0.2, 0.25) is 0 Å². The summed E-state index contributed by atoms with van der Waals surface area (Å²) >= 11 is 24.4. The number of hydrogen-bond acceptors (Lipinski definition) is 2. The van der Waals surface area contributed by atoms with Crippen LogP contribution in [-0.4, -0.2) is 31.9 Å². The molecule has 3 aliphatic rings.